The van der Waals surface area contributed by atoms with Gasteiger partial charge in [0, 0.05) is 6.42 Å². The Hall–Kier alpha value is 0.530. The van der Waals surface area contributed by atoms with E-state index in [1.807, 2.05) is 0 Å². The Kier molecular flexibility index (Phi) is 9.70. The van der Waals surface area contributed by atoms with E-state index in [1.54, 1.807) is 0 Å². The first-order valence-electron chi connectivity index (χ1n) is 7.03. The first-order chi connectivity index (χ1) is 12.1. The van der Waals surface area contributed by atoms with E-state index >= 15 is 0 Å². The zero-order valence-corrected chi connectivity index (χ0v) is 20.6. The van der Waals surface area contributed by atoms with Crippen LogP contribution in [0.4, 0.5) is 5.82 Å². The third-order valence-electron chi connectivity index (χ3n) is 3.50. The Bertz CT molecular complexity index is 911. The van der Waals surface area contributed by atoms with E-state index in [-0.39, 0.29) is 71.4 Å². The average molecular weight is 455 g/mol. The number of nitrogen functional groups attached to an aromatic ring is 1. The molecule has 1 aliphatic rings. The quantitative estimate of drug-likeness (QED) is 0.273. The monoisotopic (exact) mass is 455 g/mol. The van der Waals surface area contributed by atoms with Crippen LogP contribution in [-0.2, 0) is 22.7 Å². The number of ether oxygens (including phenoxy) is 1. The van der Waals surface area contributed by atoms with Gasteiger partial charge in [0.05, 0.1) is 19.0 Å². The van der Waals surface area contributed by atoms with Crippen molar-refractivity contribution >= 4 is 32.6 Å². The fourth-order valence-electron chi connectivity index (χ4n) is 2.43. The molecule has 28 heavy (non-hydrogen) atoms. The van der Waals surface area contributed by atoms with Crippen molar-refractivity contribution in [3.05, 3.63) is 12.7 Å². The van der Waals surface area contributed by atoms with Crippen molar-refractivity contribution in [3.8, 4) is 0 Å². The Morgan fingerprint density at radius 2 is 2.00 bits per heavy atom. The van der Waals surface area contributed by atoms with E-state index in [2.05, 4.69) is 23.8 Å². The maximum atomic E-state index is 11.3. The van der Waals surface area contributed by atoms with Gasteiger partial charge in [-0.25, -0.2) is 19.3 Å². The SMILES string of the molecule is Nc1ncnc2c1ncn2[C@H]1CC(O)[C@@H](COP(=O)([O-])OP(=O)([O-])O)O1.[Na+].[Na+]. The maximum Gasteiger partial charge on any atom is 1.00 e. The number of aliphatic hydroxyl groups excluding tert-OH is 1. The van der Waals surface area contributed by atoms with E-state index in [0.29, 0.717) is 11.2 Å². The van der Waals surface area contributed by atoms with Gasteiger partial charge in [0.25, 0.3) is 15.6 Å². The summed E-state index contributed by atoms with van der Waals surface area (Å²) in [5.41, 5.74) is 6.36. The van der Waals surface area contributed by atoms with Crippen LogP contribution in [0, 0.1) is 0 Å². The van der Waals surface area contributed by atoms with E-state index in [9.17, 15) is 24.0 Å². The van der Waals surface area contributed by atoms with Crippen molar-refractivity contribution in [2.45, 2.75) is 24.9 Å². The standard InChI is InChI=1S/C10H15N5O9P2.2Na/c11-9-8-10(13-3-12-9)15(4-14-8)7-1-5(16)6(23-7)2-22-26(20,21)24-25(17,18)19;;/h3-7,16H,1-2H2,(H,20,21)(H2,11,12,13)(H2,17,18,19);;/q;2*+1/p-2/t5?,6-,7-;;/m1../s1. The minimum absolute atomic E-state index is 0. The zero-order chi connectivity index (χ0) is 19.1. The number of anilines is 1. The van der Waals surface area contributed by atoms with E-state index in [4.69, 9.17) is 15.4 Å². The van der Waals surface area contributed by atoms with Crippen molar-refractivity contribution in [2.24, 2.45) is 0 Å². The number of phosphoric ester groups is 1. The minimum atomic E-state index is -5.54. The molecule has 3 rings (SSSR count). The fourth-order valence-corrected chi connectivity index (χ4v) is 3.96. The molecule has 1 aliphatic heterocycles. The average Bonchev–Trinajstić information content (AvgIpc) is 3.07. The second-order valence-corrected chi connectivity index (χ2v) is 8.05. The molecule has 0 aromatic carbocycles. The predicted molar refractivity (Wildman–Crippen MR) is 78.7 cm³/mol. The molecule has 4 N–H and O–H groups in total. The first kappa shape index (κ1) is 26.6. The summed E-state index contributed by atoms with van der Waals surface area (Å²) >= 11 is 0. The van der Waals surface area contributed by atoms with Gasteiger partial charge in [0.2, 0.25) is 0 Å². The second-order valence-electron chi connectivity index (χ2n) is 5.31. The van der Waals surface area contributed by atoms with E-state index in [0.717, 1.165) is 0 Å². The van der Waals surface area contributed by atoms with Crippen molar-refractivity contribution in [2.75, 3.05) is 12.3 Å². The van der Waals surface area contributed by atoms with Gasteiger partial charge in [0.1, 0.15) is 24.2 Å². The Morgan fingerprint density at radius 3 is 2.64 bits per heavy atom. The van der Waals surface area contributed by atoms with Gasteiger partial charge >= 0.3 is 59.1 Å². The molecule has 2 aromatic rings. The number of imidazole rings is 1. The number of rotatable bonds is 6. The molecular weight excluding hydrogens is 442 g/mol. The summed E-state index contributed by atoms with van der Waals surface area (Å²) in [5.74, 6) is 0.155. The molecule has 5 atom stereocenters. The molecule has 144 valence electrons. The number of aliphatic hydroxyl groups is 1. The van der Waals surface area contributed by atoms with Crippen LogP contribution in [0.1, 0.15) is 12.6 Å². The third kappa shape index (κ3) is 6.51. The van der Waals surface area contributed by atoms with Crippen LogP contribution in [0.2, 0.25) is 0 Å². The molecule has 2 aromatic heterocycles. The summed E-state index contributed by atoms with van der Waals surface area (Å²) in [6, 6.07) is 0. The predicted octanol–water partition coefficient (Wildman–Crippen LogP) is -7.97. The van der Waals surface area contributed by atoms with Gasteiger partial charge in [-0.2, -0.15) is 0 Å². The molecule has 0 aliphatic carbocycles. The van der Waals surface area contributed by atoms with Crippen molar-refractivity contribution in [3.63, 3.8) is 0 Å². The van der Waals surface area contributed by atoms with Gasteiger partial charge in [0.15, 0.2) is 11.5 Å². The summed E-state index contributed by atoms with van der Waals surface area (Å²) < 4.78 is 36.5. The molecule has 3 heterocycles. The van der Waals surface area contributed by atoms with Crippen LogP contribution >= 0.6 is 15.6 Å². The largest absolute Gasteiger partial charge is 1.00 e. The van der Waals surface area contributed by atoms with Gasteiger partial charge in [-0.3, -0.25) is 13.7 Å². The normalized spacial score (nSPS) is 26.1. The molecule has 0 bridgehead atoms. The number of fused-ring (bicyclic) bond motifs is 1. The zero-order valence-electron chi connectivity index (χ0n) is 14.8. The number of hydrogen-bond donors (Lipinski definition) is 3. The number of aromatic nitrogens is 4. The molecule has 3 unspecified atom stereocenters. The van der Waals surface area contributed by atoms with Gasteiger partial charge in [-0.15, -0.1) is 0 Å². The summed E-state index contributed by atoms with van der Waals surface area (Å²) in [4.78, 5) is 42.0. The molecular formula is C10H13N5Na2O9P2. The molecule has 1 saturated heterocycles. The third-order valence-corrected chi connectivity index (χ3v) is 5.59. The van der Waals surface area contributed by atoms with Crippen molar-refractivity contribution in [1.29, 1.82) is 0 Å². The molecule has 1 fully saturated rings. The topological polar surface area (TPSA) is 218 Å². The van der Waals surface area contributed by atoms with Crippen LogP contribution in [0.5, 0.6) is 0 Å². The van der Waals surface area contributed by atoms with Crippen LogP contribution in [-0.4, -0.2) is 48.3 Å². The van der Waals surface area contributed by atoms with E-state index < -0.39 is 40.7 Å². The van der Waals surface area contributed by atoms with Crippen LogP contribution in [0.25, 0.3) is 11.2 Å². The first-order valence-corrected chi connectivity index (χ1v) is 9.98. The molecule has 0 spiro atoms. The van der Waals surface area contributed by atoms with Gasteiger partial charge in [-0.1, -0.05) is 0 Å². The summed E-state index contributed by atoms with van der Waals surface area (Å²) in [6.45, 7) is -0.734. The second kappa shape index (κ2) is 10.2. The molecule has 18 heteroatoms. The number of hydrogen-bond acceptors (Lipinski definition) is 12. The number of phosphoric acid groups is 2. The Labute approximate surface area is 202 Å². The van der Waals surface area contributed by atoms with Crippen molar-refractivity contribution in [1.82, 2.24) is 19.5 Å². The summed E-state index contributed by atoms with van der Waals surface area (Å²) in [5, 5.41) is 10.0. The molecule has 0 amide bonds. The van der Waals surface area contributed by atoms with E-state index in [1.165, 1.54) is 17.2 Å². The number of nitrogens with zero attached hydrogens (tertiary/aromatic N) is 4. The Morgan fingerprint density at radius 1 is 1.32 bits per heavy atom. The molecule has 14 nitrogen and oxygen atoms in total. The maximum absolute atomic E-state index is 11.3. The van der Waals surface area contributed by atoms with Gasteiger partial charge in [-0.05, 0) is 0 Å². The Balaban J connectivity index is 0.00000196. The fraction of sp³-hybridized carbons (Fsp3) is 0.500. The smallest absolute Gasteiger partial charge is 0.756 e. The summed E-state index contributed by atoms with van der Waals surface area (Å²) in [6.07, 6.45) is -0.362. The van der Waals surface area contributed by atoms with Crippen molar-refractivity contribution < 1.29 is 102 Å². The summed E-state index contributed by atoms with van der Waals surface area (Å²) in [7, 11) is -10.9. The molecule has 0 radical (unpaired) electrons. The van der Waals surface area contributed by atoms with Crippen LogP contribution in [0.15, 0.2) is 12.7 Å². The van der Waals surface area contributed by atoms with Crippen LogP contribution in [0.3, 0.4) is 0 Å². The minimum Gasteiger partial charge on any atom is -0.756 e. The van der Waals surface area contributed by atoms with Crippen LogP contribution < -0.4 is 74.6 Å². The van der Waals surface area contributed by atoms with Gasteiger partial charge < -0.3 is 34.8 Å². The molecule has 0 saturated carbocycles. The number of nitrogens with two attached hydrogens (primary N) is 1.